The number of nitrogens with one attached hydrogen (secondary N) is 2. The van der Waals surface area contributed by atoms with E-state index in [2.05, 4.69) is 27.6 Å². The maximum absolute atomic E-state index is 12.5. The second-order valence-electron chi connectivity index (χ2n) is 7.00. The molecule has 160 valence electrons. The van der Waals surface area contributed by atoms with Crippen molar-refractivity contribution >= 4 is 15.9 Å². The first-order chi connectivity index (χ1) is 14.5. The molecule has 0 radical (unpaired) electrons. The van der Waals surface area contributed by atoms with Crippen LogP contribution in [0.3, 0.4) is 0 Å². The van der Waals surface area contributed by atoms with Crippen LogP contribution in [0.1, 0.15) is 21.5 Å². The molecule has 0 aromatic heterocycles. The van der Waals surface area contributed by atoms with Gasteiger partial charge >= 0.3 is 0 Å². The molecule has 1 fully saturated rings. The van der Waals surface area contributed by atoms with Gasteiger partial charge in [0.05, 0.1) is 18.1 Å². The molecule has 0 unspecified atom stereocenters. The molecule has 2 aromatic rings. The fourth-order valence-corrected chi connectivity index (χ4v) is 4.20. The van der Waals surface area contributed by atoms with E-state index in [4.69, 9.17) is 4.74 Å². The second kappa shape index (κ2) is 10.5. The molecule has 2 aromatic carbocycles. The van der Waals surface area contributed by atoms with Gasteiger partial charge in [-0.1, -0.05) is 30.3 Å². The van der Waals surface area contributed by atoms with E-state index in [1.165, 1.54) is 35.9 Å². The number of ether oxygens (including phenoxy) is 1. The summed E-state index contributed by atoms with van der Waals surface area (Å²) in [6, 6.07) is 13.9. The molecule has 1 amide bonds. The van der Waals surface area contributed by atoms with E-state index >= 15 is 0 Å². The quantitative estimate of drug-likeness (QED) is 0.595. The van der Waals surface area contributed by atoms with Gasteiger partial charge in [-0.15, -0.1) is 6.58 Å². The summed E-state index contributed by atoms with van der Waals surface area (Å²) >= 11 is 0. The van der Waals surface area contributed by atoms with E-state index in [-0.39, 0.29) is 17.3 Å². The highest BCUT2D eigenvalue weighted by Gasteiger charge is 2.15. The Kier molecular flexibility index (Phi) is 7.75. The summed E-state index contributed by atoms with van der Waals surface area (Å²) in [6.07, 6.45) is 1.47. The summed E-state index contributed by atoms with van der Waals surface area (Å²) in [4.78, 5) is 15.0. The highest BCUT2D eigenvalue weighted by molar-refractivity contribution is 7.89. The van der Waals surface area contributed by atoms with E-state index in [0.717, 1.165) is 38.4 Å². The Morgan fingerprint density at radius 3 is 2.40 bits per heavy atom. The van der Waals surface area contributed by atoms with Crippen molar-refractivity contribution in [2.45, 2.75) is 18.0 Å². The predicted molar refractivity (Wildman–Crippen MR) is 116 cm³/mol. The van der Waals surface area contributed by atoms with Crippen molar-refractivity contribution in [3.63, 3.8) is 0 Å². The Balaban J connectivity index is 1.61. The van der Waals surface area contributed by atoms with Crippen LogP contribution in [0.5, 0.6) is 0 Å². The number of nitrogens with zero attached hydrogens (tertiary/aromatic N) is 1. The second-order valence-corrected chi connectivity index (χ2v) is 8.77. The normalized spacial score (nSPS) is 14.9. The molecule has 7 nitrogen and oxygen atoms in total. The lowest BCUT2D eigenvalue weighted by atomic mass is 10.1. The minimum absolute atomic E-state index is 0.108. The maximum Gasteiger partial charge on any atom is 0.251 e. The van der Waals surface area contributed by atoms with Gasteiger partial charge in [0.25, 0.3) is 5.91 Å². The zero-order valence-electron chi connectivity index (χ0n) is 16.8. The first kappa shape index (κ1) is 22.2. The molecule has 0 spiro atoms. The Bertz CT molecular complexity index is 968. The fourth-order valence-electron chi connectivity index (χ4n) is 3.20. The number of carbonyl (C=O) groups is 1. The number of morpholine rings is 1. The van der Waals surface area contributed by atoms with Crippen molar-refractivity contribution in [1.29, 1.82) is 0 Å². The molecule has 1 saturated heterocycles. The lowest BCUT2D eigenvalue weighted by molar-refractivity contribution is 0.0340. The molecular weight excluding hydrogens is 402 g/mol. The lowest BCUT2D eigenvalue weighted by Crippen LogP contribution is -2.36. The SMILES string of the molecule is C=CCNS(=O)(=O)c1ccc(C(=O)NCc2ccccc2CN2CCOCC2)cc1. The third-order valence-electron chi connectivity index (χ3n) is 4.90. The van der Waals surface area contributed by atoms with Gasteiger partial charge in [-0.05, 0) is 35.4 Å². The summed E-state index contributed by atoms with van der Waals surface area (Å²) in [7, 11) is -3.61. The van der Waals surface area contributed by atoms with Gasteiger partial charge in [-0.3, -0.25) is 9.69 Å². The number of carbonyl (C=O) groups excluding carboxylic acids is 1. The molecule has 0 saturated carbocycles. The van der Waals surface area contributed by atoms with Crippen molar-refractivity contribution in [3.8, 4) is 0 Å². The highest BCUT2D eigenvalue weighted by atomic mass is 32.2. The minimum atomic E-state index is -3.61. The van der Waals surface area contributed by atoms with Crippen LogP contribution in [0, 0.1) is 0 Å². The van der Waals surface area contributed by atoms with Gasteiger partial charge in [0, 0.05) is 38.3 Å². The smallest absolute Gasteiger partial charge is 0.251 e. The average Bonchev–Trinajstić information content (AvgIpc) is 2.78. The summed E-state index contributed by atoms with van der Waals surface area (Å²) in [5, 5.41) is 2.92. The van der Waals surface area contributed by atoms with E-state index in [9.17, 15) is 13.2 Å². The maximum atomic E-state index is 12.5. The molecule has 1 aliphatic rings. The number of hydrogen-bond acceptors (Lipinski definition) is 5. The van der Waals surface area contributed by atoms with Crippen LogP contribution < -0.4 is 10.0 Å². The van der Waals surface area contributed by atoms with E-state index in [1.807, 2.05) is 18.2 Å². The van der Waals surface area contributed by atoms with Crippen LogP contribution in [0.4, 0.5) is 0 Å². The van der Waals surface area contributed by atoms with Gasteiger partial charge in [0.2, 0.25) is 10.0 Å². The molecule has 8 heteroatoms. The molecule has 3 rings (SSSR count). The van der Waals surface area contributed by atoms with Gasteiger partial charge in [0.15, 0.2) is 0 Å². The fraction of sp³-hybridized carbons (Fsp3) is 0.318. The number of sulfonamides is 1. The van der Waals surface area contributed by atoms with Gasteiger partial charge in [0.1, 0.15) is 0 Å². The van der Waals surface area contributed by atoms with Gasteiger partial charge in [-0.25, -0.2) is 13.1 Å². The summed E-state index contributed by atoms with van der Waals surface area (Å²) in [5.41, 5.74) is 2.64. The zero-order valence-corrected chi connectivity index (χ0v) is 17.7. The molecule has 1 aliphatic heterocycles. The first-order valence-electron chi connectivity index (χ1n) is 9.85. The number of benzene rings is 2. The average molecular weight is 430 g/mol. The third-order valence-corrected chi connectivity index (χ3v) is 6.34. The third kappa shape index (κ3) is 5.99. The van der Waals surface area contributed by atoms with Gasteiger partial charge in [-0.2, -0.15) is 0 Å². The van der Waals surface area contributed by atoms with E-state index < -0.39 is 10.0 Å². The first-order valence-corrected chi connectivity index (χ1v) is 11.3. The molecule has 2 N–H and O–H groups in total. The molecule has 0 atom stereocenters. The highest BCUT2D eigenvalue weighted by Crippen LogP contribution is 2.14. The van der Waals surface area contributed by atoms with Crippen molar-refractivity contribution in [2.24, 2.45) is 0 Å². The number of amides is 1. The molecule has 0 aliphatic carbocycles. The van der Waals surface area contributed by atoms with E-state index in [1.54, 1.807) is 0 Å². The Morgan fingerprint density at radius 2 is 1.73 bits per heavy atom. The van der Waals surface area contributed by atoms with Crippen molar-refractivity contribution in [1.82, 2.24) is 14.9 Å². The van der Waals surface area contributed by atoms with Crippen LogP contribution in [-0.4, -0.2) is 52.1 Å². The molecule has 0 bridgehead atoms. The Labute approximate surface area is 177 Å². The predicted octanol–water partition coefficient (Wildman–Crippen LogP) is 1.91. The summed E-state index contributed by atoms with van der Waals surface area (Å²) in [6.45, 7) is 8.15. The Morgan fingerprint density at radius 1 is 1.07 bits per heavy atom. The van der Waals surface area contributed by atoms with Crippen molar-refractivity contribution < 1.29 is 17.9 Å². The Hall–Kier alpha value is -2.52. The largest absolute Gasteiger partial charge is 0.379 e. The van der Waals surface area contributed by atoms with Crippen LogP contribution in [0.25, 0.3) is 0 Å². The zero-order chi connectivity index (χ0) is 21.4. The van der Waals surface area contributed by atoms with Crippen LogP contribution in [0.15, 0.2) is 66.1 Å². The standard InChI is InChI=1S/C22H27N3O4S/c1-2-11-24-30(27,28)21-9-7-18(8-10-21)22(26)23-16-19-5-3-4-6-20(19)17-25-12-14-29-15-13-25/h2-10,24H,1,11-17H2,(H,23,26). The molecular formula is C22H27N3O4S. The monoisotopic (exact) mass is 429 g/mol. The van der Waals surface area contributed by atoms with Crippen LogP contribution in [0.2, 0.25) is 0 Å². The van der Waals surface area contributed by atoms with Crippen molar-refractivity contribution in [3.05, 3.63) is 77.9 Å². The van der Waals surface area contributed by atoms with Crippen LogP contribution in [-0.2, 0) is 27.8 Å². The minimum Gasteiger partial charge on any atom is -0.379 e. The summed E-state index contributed by atoms with van der Waals surface area (Å²) < 4.78 is 32.0. The van der Waals surface area contributed by atoms with Gasteiger partial charge < -0.3 is 10.1 Å². The number of rotatable bonds is 9. The summed E-state index contributed by atoms with van der Waals surface area (Å²) in [5.74, 6) is -0.251. The topological polar surface area (TPSA) is 87.7 Å². The molecule has 30 heavy (non-hydrogen) atoms. The van der Waals surface area contributed by atoms with Crippen molar-refractivity contribution in [2.75, 3.05) is 32.8 Å². The van der Waals surface area contributed by atoms with Crippen LogP contribution >= 0.6 is 0 Å². The number of hydrogen-bond donors (Lipinski definition) is 2. The lowest BCUT2D eigenvalue weighted by Gasteiger charge is -2.27. The van der Waals surface area contributed by atoms with E-state index in [0.29, 0.717) is 12.1 Å². The molecule has 1 heterocycles.